The van der Waals surface area contributed by atoms with Gasteiger partial charge in [-0.1, -0.05) is 13.0 Å². The summed E-state index contributed by atoms with van der Waals surface area (Å²) in [5.74, 6) is -5.48. The van der Waals surface area contributed by atoms with E-state index in [1.807, 2.05) is 0 Å². The Balaban J connectivity index is 1.71. The van der Waals surface area contributed by atoms with Crippen molar-refractivity contribution < 1.29 is 36.2 Å². The van der Waals surface area contributed by atoms with Gasteiger partial charge in [-0.15, -0.1) is 0 Å². The first-order chi connectivity index (χ1) is 17.4. The summed E-state index contributed by atoms with van der Waals surface area (Å²) in [4.78, 5) is 16.5. The second-order valence-electron chi connectivity index (χ2n) is 10.7. The quantitative estimate of drug-likeness (QED) is 0.481. The molecule has 37 heavy (non-hydrogen) atoms. The number of benzene rings is 1. The Hall–Kier alpha value is -2.46. The van der Waals surface area contributed by atoms with Gasteiger partial charge in [0.05, 0.1) is 25.0 Å². The Bertz CT molecular complexity index is 1250. The SMILES string of the molecule is COc1c([C@H]2[C@H](c3[nH]c(C)cc(=O)c3C3C[C@H]4CC[C@@H](C3)O4)O[C@@](C)(C(F)(F)F)[C@H]2C)ccc(F)c1F. The molecule has 3 aliphatic rings. The normalized spacial score (nSPS) is 33.6. The fraction of sp³-hybridized carbons (Fsp3) is 0.593. The molecule has 10 heteroatoms. The monoisotopic (exact) mass is 527 g/mol. The van der Waals surface area contributed by atoms with E-state index in [1.165, 1.54) is 19.1 Å². The zero-order valence-corrected chi connectivity index (χ0v) is 21.0. The van der Waals surface area contributed by atoms with Crippen LogP contribution in [0.25, 0.3) is 0 Å². The van der Waals surface area contributed by atoms with Crippen molar-refractivity contribution in [3.8, 4) is 5.75 Å². The second-order valence-corrected chi connectivity index (χ2v) is 10.7. The fourth-order valence-electron chi connectivity index (χ4n) is 6.52. The van der Waals surface area contributed by atoms with E-state index in [2.05, 4.69) is 4.98 Å². The number of nitrogens with one attached hydrogen (secondary N) is 1. The molecule has 1 aromatic carbocycles. The van der Waals surface area contributed by atoms with E-state index in [-0.39, 0.29) is 34.8 Å². The number of aryl methyl sites for hydroxylation is 1. The van der Waals surface area contributed by atoms with Gasteiger partial charge in [-0.3, -0.25) is 4.79 Å². The van der Waals surface area contributed by atoms with Crippen molar-refractivity contribution in [2.75, 3.05) is 7.11 Å². The third-order valence-corrected chi connectivity index (χ3v) is 8.53. The Morgan fingerprint density at radius 1 is 1.14 bits per heavy atom. The summed E-state index contributed by atoms with van der Waals surface area (Å²) >= 11 is 0. The minimum absolute atomic E-state index is 0.0109. The second kappa shape index (κ2) is 9.08. The lowest BCUT2D eigenvalue weighted by molar-refractivity contribution is -0.275. The predicted octanol–water partition coefficient (Wildman–Crippen LogP) is 6.21. The standard InChI is InChI=1S/C27H30F5NO4/c1-12-9-19(34)21(14-10-15-5-6-16(11-14)36-15)23(33-12)25-20(13(2)26(3,37-25)27(30,31)32)17-7-8-18(28)22(29)24(17)35-4/h7-9,13-16,20,25H,5-6,10-11H2,1-4H3,(H,33,34)/t13-,14?,15-,16+,20-,25+,26+/m0/s1. The number of methoxy groups -OCH3 is 1. The van der Waals surface area contributed by atoms with Crippen LogP contribution in [0.5, 0.6) is 5.75 Å². The highest BCUT2D eigenvalue weighted by Gasteiger charge is 2.65. The fourth-order valence-corrected chi connectivity index (χ4v) is 6.52. The molecule has 0 aliphatic carbocycles. The van der Waals surface area contributed by atoms with Crippen molar-refractivity contribution in [2.45, 2.75) is 88.4 Å². The van der Waals surface area contributed by atoms with Crippen LogP contribution in [-0.2, 0) is 9.47 Å². The topological polar surface area (TPSA) is 60.6 Å². The van der Waals surface area contributed by atoms with Gasteiger partial charge in [-0.25, -0.2) is 4.39 Å². The number of aromatic amines is 1. The molecule has 0 spiro atoms. The van der Waals surface area contributed by atoms with Crippen LogP contribution in [0.2, 0.25) is 0 Å². The molecule has 4 heterocycles. The number of hydrogen-bond donors (Lipinski definition) is 1. The zero-order chi connectivity index (χ0) is 26.9. The molecule has 5 nitrogen and oxygen atoms in total. The summed E-state index contributed by atoms with van der Waals surface area (Å²) in [7, 11) is 1.14. The molecular formula is C27H30F5NO4. The summed E-state index contributed by atoms with van der Waals surface area (Å²) in [5, 5.41) is 0. The average Bonchev–Trinajstić information content (AvgIpc) is 3.30. The number of H-pyrrole nitrogens is 1. The van der Waals surface area contributed by atoms with Crippen LogP contribution in [0.15, 0.2) is 23.0 Å². The van der Waals surface area contributed by atoms with Gasteiger partial charge in [-0.2, -0.15) is 17.6 Å². The van der Waals surface area contributed by atoms with Crippen molar-refractivity contribution in [1.29, 1.82) is 0 Å². The first-order valence-electron chi connectivity index (χ1n) is 12.5. The van der Waals surface area contributed by atoms with Crippen molar-refractivity contribution in [2.24, 2.45) is 5.92 Å². The molecule has 3 saturated heterocycles. The Morgan fingerprint density at radius 3 is 2.38 bits per heavy atom. The summed E-state index contributed by atoms with van der Waals surface area (Å²) in [5.41, 5.74) is -1.77. The largest absolute Gasteiger partial charge is 0.493 e. The first-order valence-corrected chi connectivity index (χ1v) is 12.5. The van der Waals surface area contributed by atoms with Crippen LogP contribution in [0.4, 0.5) is 22.0 Å². The van der Waals surface area contributed by atoms with Gasteiger partial charge >= 0.3 is 6.18 Å². The van der Waals surface area contributed by atoms with E-state index < -0.39 is 47.1 Å². The summed E-state index contributed by atoms with van der Waals surface area (Å²) in [6.07, 6.45) is -3.18. The number of aromatic nitrogens is 1. The molecule has 5 rings (SSSR count). The van der Waals surface area contributed by atoms with Gasteiger partial charge in [0.15, 0.2) is 22.6 Å². The summed E-state index contributed by atoms with van der Waals surface area (Å²) < 4.78 is 89.1. The van der Waals surface area contributed by atoms with Gasteiger partial charge in [0.2, 0.25) is 5.82 Å². The van der Waals surface area contributed by atoms with E-state index in [4.69, 9.17) is 14.2 Å². The number of alkyl halides is 3. The molecule has 1 aromatic heterocycles. The number of fused-ring (bicyclic) bond motifs is 2. The third-order valence-electron chi connectivity index (χ3n) is 8.53. The lowest BCUT2D eigenvalue weighted by Crippen LogP contribution is -2.46. The predicted molar refractivity (Wildman–Crippen MR) is 125 cm³/mol. The molecule has 7 atom stereocenters. The van der Waals surface area contributed by atoms with Gasteiger partial charge in [0.25, 0.3) is 0 Å². The van der Waals surface area contributed by atoms with Crippen LogP contribution in [0, 0.1) is 24.5 Å². The highest BCUT2D eigenvalue weighted by molar-refractivity contribution is 5.43. The number of halogens is 5. The molecule has 2 aromatic rings. The highest BCUT2D eigenvalue weighted by Crippen LogP contribution is 2.60. The molecule has 3 aliphatic heterocycles. The molecule has 2 bridgehead atoms. The Morgan fingerprint density at radius 2 is 1.78 bits per heavy atom. The number of ether oxygens (including phenoxy) is 3. The number of hydrogen-bond acceptors (Lipinski definition) is 4. The van der Waals surface area contributed by atoms with Gasteiger partial charge in [-0.05, 0) is 51.5 Å². The van der Waals surface area contributed by atoms with E-state index in [1.54, 1.807) is 6.92 Å². The van der Waals surface area contributed by atoms with Gasteiger partial charge < -0.3 is 19.2 Å². The summed E-state index contributed by atoms with van der Waals surface area (Å²) in [6.45, 7) is 3.98. The average molecular weight is 528 g/mol. The molecule has 1 N–H and O–H groups in total. The summed E-state index contributed by atoms with van der Waals surface area (Å²) in [6, 6.07) is 3.54. The molecule has 202 valence electrons. The Labute approximate surface area is 211 Å². The molecule has 0 radical (unpaired) electrons. The van der Waals surface area contributed by atoms with Gasteiger partial charge in [0, 0.05) is 34.7 Å². The maximum absolute atomic E-state index is 14.8. The molecule has 3 fully saturated rings. The maximum Gasteiger partial charge on any atom is 0.417 e. The van der Waals surface area contributed by atoms with Crippen LogP contribution >= 0.6 is 0 Å². The molecule has 0 amide bonds. The van der Waals surface area contributed by atoms with Crippen molar-refractivity contribution in [3.63, 3.8) is 0 Å². The van der Waals surface area contributed by atoms with Crippen LogP contribution < -0.4 is 10.2 Å². The number of pyridine rings is 1. The van der Waals surface area contributed by atoms with Crippen molar-refractivity contribution in [3.05, 3.63) is 62.6 Å². The first kappa shape index (κ1) is 26.2. The minimum Gasteiger partial charge on any atom is -0.493 e. The molecule has 1 unspecified atom stereocenters. The van der Waals surface area contributed by atoms with Crippen LogP contribution in [0.3, 0.4) is 0 Å². The van der Waals surface area contributed by atoms with E-state index in [9.17, 15) is 26.7 Å². The zero-order valence-electron chi connectivity index (χ0n) is 21.0. The van der Waals surface area contributed by atoms with Crippen LogP contribution in [-0.4, -0.2) is 36.1 Å². The van der Waals surface area contributed by atoms with Crippen molar-refractivity contribution >= 4 is 0 Å². The highest BCUT2D eigenvalue weighted by atomic mass is 19.4. The van der Waals surface area contributed by atoms with Crippen LogP contribution in [0.1, 0.15) is 80.0 Å². The van der Waals surface area contributed by atoms with E-state index >= 15 is 0 Å². The van der Waals surface area contributed by atoms with Crippen molar-refractivity contribution in [1.82, 2.24) is 4.98 Å². The van der Waals surface area contributed by atoms with E-state index in [0.29, 0.717) is 24.1 Å². The van der Waals surface area contributed by atoms with E-state index in [0.717, 1.165) is 32.9 Å². The van der Waals surface area contributed by atoms with Gasteiger partial charge in [0.1, 0.15) is 6.10 Å². The number of rotatable bonds is 4. The molecular weight excluding hydrogens is 497 g/mol. The lowest BCUT2D eigenvalue weighted by atomic mass is 9.75. The Kier molecular flexibility index (Phi) is 6.42. The minimum atomic E-state index is -4.77. The maximum atomic E-state index is 14.8. The lowest BCUT2D eigenvalue weighted by Gasteiger charge is -2.32. The smallest absolute Gasteiger partial charge is 0.417 e. The molecule has 0 saturated carbocycles. The third kappa shape index (κ3) is 4.16.